The van der Waals surface area contributed by atoms with E-state index in [2.05, 4.69) is 12.1 Å². The molecule has 0 saturated carbocycles. The van der Waals surface area contributed by atoms with Gasteiger partial charge in [0.1, 0.15) is 22.2 Å². The van der Waals surface area contributed by atoms with Gasteiger partial charge >= 0.3 is 11.9 Å². The van der Waals surface area contributed by atoms with Gasteiger partial charge in [0.25, 0.3) is 0 Å². The van der Waals surface area contributed by atoms with Crippen molar-refractivity contribution >= 4 is 56.7 Å². The summed E-state index contributed by atoms with van der Waals surface area (Å²) in [6, 6.07) is 36.4. The van der Waals surface area contributed by atoms with Gasteiger partial charge in [-0.1, -0.05) is 108 Å². The molecule has 54 heavy (non-hydrogen) atoms. The first-order valence-electron chi connectivity index (χ1n) is 16.6. The lowest BCUT2D eigenvalue weighted by atomic mass is 9.92. The van der Waals surface area contributed by atoms with E-state index in [0.29, 0.717) is 54.8 Å². The number of nitriles is 2. The molecule has 2 heterocycles. The lowest BCUT2D eigenvalue weighted by molar-refractivity contribution is 0.0518. The number of pyridine rings is 2. The van der Waals surface area contributed by atoms with E-state index in [1.165, 1.54) is 0 Å². The molecular formula is C42H28Cl2N4O4S2. The summed E-state index contributed by atoms with van der Waals surface area (Å²) in [5.74, 6) is -1.28. The zero-order valence-corrected chi connectivity index (χ0v) is 31.9. The molecule has 0 amide bonds. The van der Waals surface area contributed by atoms with Gasteiger partial charge in [0.2, 0.25) is 0 Å². The number of ether oxygens (including phenoxy) is 2. The van der Waals surface area contributed by atoms with Gasteiger partial charge in [-0.15, -0.1) is 0 Å². The molecular weight excluding hydrogens is 760 g/mol. The largest absolute Gasteiger partial charge is 0.462 e. The number of carbonyl (C=O) groups excluding carboxylic acids is 2. The van der Waals surface area contributed by atoms with Crippen molar-refractivity contribution in [2.75, 3.05) is 13.2 Å². The molecule has 0 saturated heterocycles. The van der Waals surface area contributed by atoms with E-state index < -0.39 is 11.9 Å². The highest BCUT2D eigenvalue weighted by Crippen LogP contribution is 2.47. The topological polar surface area (TPSA) is 126 Å². The average Bonchev–Trinajstić information content (AvgIpc) is 3.20. The number of nitrogens with zero attached hydrogens (tertiary/aromatic N) is 4. The highest BCUT2D eigenvalue weighted by atomic mass is 35.5. The van der Waals surface area contributed by atoms with Crippen molar-refractivity contribution in [3.05, 3.63) is 141 Å². The Balaban J connectivity index is 1.62. The van der Waals surface area contributed by atoms with E-state index in [1.807, 2.05) is 60.7 Å². The molecule has 0 aliphatic heterocycles. The second-order valence-electron chi connectivity index (χ2n) is 11.4. The van der Waals surface area contributed by atoms with Crippen molar-refractivity contribution < 1.29 is 19.1 Å². The summed E-state index contributed by atoms with van der Waals surface area (Å²) in [6.07, 6.45) is 0. The fourth-order valence-corrected chi connectivity index (χ4v) is 8.08. The lowest BCUT2D eigenvalue weighted by Crippen LogP contribution is -2.13. The van der Waals surface area contributed by atoms with Crippen LogP contribution in [0.5, 0.6) is 0 Å². The summed E-state index contributed by atoms with van der Waals surface area (Å²) >= 11 is 12.5. The van der Waals surface area contributed by atoms with E-state index in [0.717, 1.165) is 21.6 Å². The molecule has 0 bridgehead atoms. The van der Waals surface area contributed by atoms with Crippen LogP contribution in [-0.2, 0) is 9.47 Å². The maximum absolute atomic E-state index is 13.7. The van der Waals surface area contributed by atoms with Gasteiger partial charge in [0.05, 0.1) is 46.9 Å². The van der Waals surface area contributed by atoms with E-state index in [-0.39, 0.29) is 45.5 Å². The monoisotopic (exact) mass is 786 g/mol. The van der Waals surface area contributed by atoms with Crippen molar-refractivity contribution in [3.63, 3.8) is 0 Å². The number of hydrogen-bond acceptors (Lipinski definition) is 10. The molecule has 6 rings (SSSR count). The molecule has 266 valence electrons. The van der Waals surface area contributed by atoms with Crippen LogP contribution in [0.25, 0.3) is 44.8 Å². The first-order chi connectivity index (χ1) is 26.3. The summed E-state index contributed by atoms with van der Waals surface area (Å²) in [5.41, 5.74) is 4.08. The minimum atomic E-state index is -0.641. The van der Waals surface area contributed by atoms with Gasteiger partial charge in [-0.3, -0.25) is 0 Å². The molecule has 0 unspecified atom stereocenters. The highest BCUT2D eigenvalue weighted by Gasteiger charge is 2.31. The van der Waals surface area contributed by atoms with Crippen LogP contribution in [-0.4, -0.2) is 35.1 Å². The average molecular weight is 788 g/mol. The summed E-state index contributed by atoms with van der Waals surface area (Å²) in [5, 5.41) is 23.0. The number of benzene rings is 4. The van der Waals surface area contributed by atoms with E-state index >= 15 is 0 Å². The normalized spacial score (nSPS) is 10.6. The Morgan fingerprint density at radius 1 is 0.574 bits per heavy atom. The Labute approximate surface area is 330 Å². The second-order valence-corrected chi connectivity index (χ2v) is 14.3. The predicted octanol–water partition coefficient (Wildman–Crippen LogP) is 11.3. The van der Waals surface area contributed by atoms with Gasteiger partial charge in [0.15, 0.2) is 0 Å². The first kappa shape index (κ1) is 38.1. The molecule has 8 nitrogen and oxygen atoms in total. The molecule has 4 aromatic carbocycles. The fraction of sp³-hybridized carbons (Fsp3) is 0.0952. The van der Waals surface area contributed by atoms with Crippen LogP contribution < -0.4 is 0 Å². The van der Waals surface area contributed by atoms with Crippen LogP contribution in [0.3, 0.4) is 0 Å². The van der Waals surface area contributed by atoms with Crippen LogP contribution in [0.1, 0.15) is 45.7 Å². The Morgan fingerprint density at radius 3 is 1.24 bits per heavy atom. The van der Waals surface area contributed by atoms with Crippen LogP contribution >= 0.6 is 44.8 Å². The lowest BCUT2D eigenvalue weighted by Gasteiger charge is -2.19. The van der Waals surface area contributed by atoms with Crippen LogP contribution in [0.4, 0.5) is 0 Å². The van der Waals surface area contributed by atoms with Gasteiger partial charge < -0.3 is 9.47 Å². The van der Waals surface area contributed by atoms with Crippen LogP contribution in [0, 0.1) is 22.7 Å². The third-order valence-electron chi connectivity index (χ3n) is 8.07. The minimum Gasteiger partial charge on any atom is -0.462 e. The number of hydrogen-bond donors (Lipinski definition) is 0. The Bertz CT molecular complexity index is 2260. The third kappa shape index (κ3) is 7.98. The molecule has 0 spiro atoms. The number of halogens is 2. The van der Waals surface area contributed by atoms with Crippen molar-refractivity contribution in [2.45, 2.75) is 23.9 Å². The first-order valence-corrected chi connectivity index (χ1v) is 19.5. The summed E-state index contributed by atoms with van der Waals surface area (Å²) in [7, 11) is 2.20. The number of rotatable bonds is 11. The summed E-state index contributed by atoms with van der Waals surface area (Å²) in [6.45, 7) is 3.62. The maximum atomic E-state index is 13.7. The predicted molar refractivity (Wildman–Crippen MR) is 213 cm³/mol. The SMILES string of the molecule is CCOC(=O)c1c(-c2ccccc2)nc(SSc2nc(-c3ccccc3)c(C(=O)OCC)c(-c3ccc(Cl)cc3)c2C#N)c(C#N)c1-c1ccc(Cl)cc1. The van der Waals surface area contributed by atoms with Crippen molar-refractivity contribution in [2.24, 2.45) is 0 Å². The van der Waals surface area contributed by atoms with Crippen LogP contribution in [0.15, 0.2) is 119 Å². The van der Waals surface area contributed by atoms with Gasteiger partial charge in [-0.25, -0.2) is 19.6 Å². The minimum absolute atomic E-state index is 0.103. The van der Waals surface area contributed by atoms with Gasteiger partial charge in [-0.05, 0) is 70.8 Å². The van der Waals surface area contributed by atoms with Gasteiger partial charge in [0, 0.05) is 32.3 Å². The zero-order chi connectivity index (χ0) is 38.2. The Morgan fingerprint density at radius 2 is 0.926 bits per heavy atom. The van der Waals surface area contributed by atoms with Crippen molar-refractivity contribution in [1.82, 2.24) is 9.97 Å². The smallest absolute Gasteiger partial charge is 0.341 e. The fourth-order valence-electron chi connectivity index (χ4n) is 5.76. The second kappa shape index (κ2) is 17.5. The van der Waals surface area contributed by atoms with Gasteiger partial charge in [-0.2, -0.15) is 10.5 Å². The van der Waals surface area contributed by atoms with Crippen LogP contribution in [0.2, 0.25) is 10.0 Å². The number of aromatic nitrogens is 2. The molecule has 0 aliphatic carbocycles. The third-order valence-corrected chi connectivity index (χ3v) is 10.8. The standard InChI is InChI=1S/C42H28Cl2N4O4S2/c1-3-51-41(49)35-33(25-15-19-29(43)20-16-25)31(23-45)39(47-37(35)27-11-7-5-8-12-27)53-54-40-32(24-46)34(26-17-21-30(44)22-18-26)36(42(50)52-4-2)38(48-40)28-13-9-6-10-14-28/h5-22H,3-4H2,1-2H3. The zero-order valence-electron chi connectivity index (χ0n) is 28.8. The quantitative estimate of drug-likeness (QED) is 0.0925. The summed E-state index contributed by atoms with van der Waals surface area (Å²) < 4.78 is 11.0. The molecule has 2 aromatic heterocycles. The Hall–Kier alpha value is -5.62. The number of esters is 2. The van der Waals surface area contributed by atoms with Crippen molar-refractivity contribution in [1.29, 1.82) is 10.5 Å². The van der Waals surface area contributed by atoms with E-state index in [9.17, 15) is 20.1 Å². The van der Waals surface area contributed by atoms with Crippen molar-refractivity contribution in [3.8, 4) is 56.9 Å². The molecule has 0 radical (unpaired) electrons. The molecule has 0 N–H and O–H groups in total. The number of carbonyl (C=O) groups is 2. The molecule has 0 aliphatic rings. The summed E-state index contributed by atoms with van der Waals surface area (Å²) in [4.78, 5) is 37.3. The Kier molecular flexibility index (Phi) is 12.3. The van der Waals surface area contributed by atoms with E-state index in [4.69, 9.17) is 42.6 Å². The maximum Gasteiger partial charge on any atom is 0.341 e. The molecule has 12 heteroatoms. The molecule has 0 atom stereocenters. The molecule has 0 fully saturated rings. The molecule has 6 aromatic rings. The van der Waals surface area contributed by atoms with E-state index in [1.54, 1.807) is 62.4 Å². The highest BCUT2D eigenvalue weighted by molar-refractivity contribution is 8.76.